The summed E-state index contributed by atoms with van der Waals surface area (Å²) in [5.74, 6) is -0.112. The molecule has 1 aromatic rings. The fourth-order valence-corrected chi connectivity index (χ4v) is 3.69. The van der Waals surface area contributed by atoms with Crippen molar-refractivity contribution < 1.29 is 17.9 Å². The van der Waals surface area contributed by atoms with E-state index in [9.17, 15) is 13.2 Å². The third-order valence-electron chi connectivity index (χ3n) is 3.90. The summed E-state index contributed by atoms with van der Waals surface area (Å²) in [6, 6.07) is 4.90. The molecule has 0 aliphatic carbocycles. The van der Waals surface area contributed by atoms with Crippen molar-refractivity contribution in [1.29, 1.82) is 0 Å². The van der Waals surface area contributed by atoms with Gasteiger partial charge >= 0.3 is 0 Å². The highest BCUT2D eigenvalue weighted by Gasteiger charge is 2.28. The van der Waals surface area contributed by atoms with E-state index < -0.39 is 10.0 Å². The SMILES string of the molecule is CCNS(=O)(=O)c1ccc2c(c1)N(C(=O)CC(CN)OC)CC2.Cl. The minimum Gasteiger partial charge on any atom is -0.380 e. The second kappa shape index (κ2) is 8.77. The van der Waals surface area contributed by atoms with Crippen molar-refractivity contribution in [3.63, 3.8) is 0 Å². The Morgan fingerprint density at radius 2 is 2.17 bits per heavy atom. The first-order valence-electron chi connectivity index (χ1n) is 7.58. The highest BCUT2D eigenvalue weighted by molar-refractivity contribution is 7.89. The normalized spacial score (nSPS) is 14.9. The quantitative estimate of drug-likeness (QED) is 0.726. The highest BCUT2D eigenvalue weighted by Crippen LogP contribution is 2.31. The predicted molar refractivity (Wildman–Crippen MR) is 95.1 cm³/mol. The van der Waals surface area contributed by atoms with Gasteiger partial charge in [0.05, 0.1) is 17.4 Å². The monoisotopic (exact) mass is 377 g/mol. The van der Waals surface area contributed by atoms with Crippen LogP contribution in [0.15, 0.2) is 23.1 Å². The van der Waals surface area contributed by atoms with Crippen LogP contribution in [0.4, 0.5) is 5.69 Å². The maximum absolute atomic E-state index is 12.4. The molecule has 7 nitrogen and oxygen atoms in total. The molecule has 0 saturated carbocycles. The molecule has 0 saturated heterocycles. The van der Waals surface area contributed by atoms with Crippen LogP contribution in [0.1, 0.15) is 18.9 Å². The lowest BCUT2D eigenvalue weighted by molar-refractivity contribution is -0.120. The molecule has 1 unspecified atom stereocenters. The van der Waals surface area contributed by atoms with Gasteiger partial charge in [-0.1, -0.05) is 13.0 Å². The molecule has 1 aliphatic rings. The van der Waals surface area contributed by atoms with Crippen LogP contribution in [0, 0.1) is 0 Å². The number of rotatable bonds is 7. The van der Waals surface area contributed by atoms with Gasteiger partial charge < -0.3 is 15.4 Å². The maximum atomic E-state index is 12.4. The maximum Gasteiger partial charge on any atom is 0.240 e. The van der Waals surface area contributed by atoms with Gasteiger partial charge in [-0.2, -0.15) is 0 Å². The molecule has 1 amide bonds. The van der Waals surface area contributed by atoms with E-state index in [1.54, 1.807) is 30.0 Å². The fourth-order valence-electron chi connectivity index (χ4n) is 2.63. The number of nitrogens with two attached hydrogens (primary N) is 1. The van der Waals surface area contributed by atoms with Crippen LogP contribution in [0.2, 0.25) is 0 Å². The lowest BCUT2D eigenvalue weighted by Crippen LogP contribution is -2.35. The molecule has 2 rings (SSSR count). The number of carbonyl (C=O) groups is 1. The lowest BCUT2D eigenvalue weighted by Gasteiger charge is -2.21. The molecular formula is C15H24ClN3O4S. The van der Waals surface area contributed by atoms with Crippen LogP contribution >= 0.6 is 12.4 Å². The molecule has 0 fully saturated rings. The largest absolute Gasteiger partial charge is 0.380 e. The number of anilines is 1. The average Bonchev–Trinajstić information content (AvgIpc) is 2.95. The summed E-state index contributed by atoms with van der Waals surface area (Å²) in [7, 11) is -2.03. The zero-order chi connectivity index (χ0) is 17.0. The van der Waals surface area contributed by atoms with Gasteiger partial charge in [-0.15, -0.1) is 12.4 Å². The van der Waals surface area contributed by atoms with Crippen LogP contribution in [-0.2, 0) is 26.0 Å². The molecule has 3 N–H and O–H groups in total. The molecule has 1 aliphatic heterocycles. The number of methoxy groups -OCH3 is 1. The number of sulfonamides is 1. The van der Waals surface area contributed by atoms with Gasteiger partial charge in [0.1, 0.15) is 0 Å². The summed E-state index contributed by atoms with van der Waals surface area (Å²) in [5.41, 5.74) is 7.18. The van der Waals surface area contributed by atoms with E-state index in [1.165, 1.54) is 7.11 Å². The molecule has 1 atom stereocenters. The zero-order valence-corrected chi connectivity index (χ0v) is 15.5. The lowest BCUT2D eigenvalue weighted by atomic mass is 10.1. The number of halogens is 1. The summed E-state index contributed by atoms with van der Waals surface area (Å²) in [6.45, 7) is 2.84. The van der Waals surface area contributed by atoms with Gasteiger partial charge in [0.25, 0.3) is 0 Å². The first kappa shape index (κ1) is 20.9. The van der Waals surface area contributed by atoms with Crippen LogP contribution in [0.25, 0.3) is 0 Å². The van der Waals surface area contributed by atoms with Crippen LogP contribution in [0.3, 0.4) is 0 Å². The molecule has 0 radical (unpaired) electrons. The van der Waals surface area contributed by atoms with Crippen LogP contribution < -0.4 is 15.4 Å². The Hall–Kier alpha value is -1.19. The fraction of sp³-hybridized carbons (Fsp3) is 0.533. The average molecular weight is 378 g/mol. The summed E-state index contributed by atoms with van der Waals surface area (Å²) in [6.07, 6.45) is 0.555. The second-order valence-electron chi connectivity index (χ2n) is 5.38. The Morgan fingerprint density at radius 3 is 2.75 bits per heavy atom. The van der Waals surface area contributed by atoms with Gasteiger partial charge in [0.15, 0.2) is 0 Å². The van der Waals surface area contributed by atoms with Crippen molar-refractivity contribution in [2.45, 2.75) is 30.8 Å². The zero-order valence-electron chi connectivity index (χ0n) is 13.8. The number of nitrogens with one attached hydrogen (secondary N) is 1. The molecule has 0 spiro atoms. The standard InChI is InChI=1S/C15H23N3O4S.ClH/c1-3-17-23(20,21)13-5-4-11-6-7-18(14(11)9-13)15(19)8-12(10-16)22-2;/h4-5,9,12,17H,3,6-8,10,16H2,1-2H3;1H. The summed E-state index contributed by atoms with van der Waals surface area (Å²) in [4.78, 5) is 14.2. The van der Waals surface area contributed by atoms with Gasteiger partial charge in [-0.05, 0) is 24.1 Å². The Balaban J connectivity index is 0.00000288. The van der Waals surface area contributed by atoms with Gasteiger partial charge in [0, 0.05) is 32.4 Å². The Kier molecular flexibility index (Phi) is 7.62. The van der Waals surface area contributed by atoms with Gasteiger partial charge in [-0.3, -0.25) is 4.79 Å². The van der Waals surface area contributed by atoms with E-state index >= 15 is 0 Å². The number of ether oxygens (including phenoxy) is 1. The molecular weight excluding hydrogens is 354 g/mol. The van der Waals surface area contributed by atoms with Crippen molar-refractivity contribution in [2.75, 3.05) is 31.6 Å². The predicted octanol–water partition coefficient (Wildman–Crippen LogP) is 0.660. The number of carbonyl (C=O) groups excluding carboxylic acids is 1. The van der Waals surface area contributed by atoms with Crippen LogP contribution in [-0.4, -0.2) is 47.2 Å². The van der Waals surface area contributed by atoms with Crippen molar-refractivity contribution >= 4 is 34.0 Å². The molecule has 1 aromatic carbocycles. The molecule has 136 valence electrons. The molecule has 0 aromatic heterocycles. The Bertz CT molecular complexity index is 677. The molecule has 24 heavy (non-hydrogen) atoms. The van der Waals surface area contributed by atoms with Gasteiger partial charge in [0.2, 0.25) is 15.9 Å². The minimum absolute atomic E-state index is 0. The van der Waals surface area contributed by atoms with E-state index in [0.29, 0.717) is 25.2 Å². The Morgan fingerprint density at radius 1 is 1.46 bits per heavy atom. The summed E-state index contributed by atoms with van der Waals surface area (Å²) >= 11 is 0. The molecule has 9 heteroatoms. The number of amides is 1. The van der Waals surface area contributed by atoms with E-state index in [-0.39, 0.29) is 42.3 Å². The Labute approximate surface area is 149 Å². The number of hydrogen-bond acceptors (Lipinski definition) is 5. The first-order chi connectivity index (χ1) is 10.9. The van der Waals surface area contributed by atoms with E-state index in [0.717, 1.165) is 5.56 Å². The summed E-state index contributed by atoms with van der Waals surface area (Å²) in [5, 5.41) is 0. The third kappa shape index (κ3) is 4.46. The number of hydrogen-bond donors (Lipinski definition) is 2. The molecule has 0 bridgehead atoms. The van der Waals surface area contributed by atoms with Gasteiger partial charge in [-0.25, -0.2) is 13.1 Å². The van der Waals surface area contributed by atoms with Crippen molar-refractivity contribution in [2.24, 2.45) is 5.73 Å². The first-order valence-corrected chi connectivity index (χ1v) is 9.07. The minimum atomic E-state index is -3.55. The highest BCUT2D eigenvalue weighted by atomic mass is 35.5. The van der Waals surface area contributed by atoms with E-state index in [4.69, 9.17) is 10.5 Å². The van der Waals surface area contributed by atoms with Crippen molar-refractivity contribution in [3.05, 3.63) is 23.8 Å². The van der Waals surface area contributed by atoms with Crippen molar-refractivity contribution in [3.8, 4) is 0 Å². The van der Waals surface area contributed by atoms with Crippen LogP contribution in [0.5, 0.6) is 0 Å². The second-order valence-corrected chi connectivity index (χ2v) is 7.15. The topological polar surface area (TPSA) is 102 Å². The molecule has 1 heterocycles. The summed E-state index contributed by atoms with van der Waals surface area (Å²) < 4.78 is 31.9. The smallest absolute Gasteiger partial charge is 0.240 e. The van der Waals surface area contributed by atoms with Crippen molar-refractivity contribution in [1.82, 2.24) is 4.72 Å². The number of benzene rings is 1. The number of nitrogens with zero attached hydrogens (tertiary/aromatic N) is 1. The number of fused-ring (bicyclic) bond motifs is 1. The van der Waals surface area contributed by atoms with E-state index in [1.807, 2.05) is 0 Å². The third-order valence-corrected chi connectivity index (χ3v) is 5.44. The van der Waals surface area contributed by atoms with E-state index in [2.05, 4.69) is 4.72 Å².